The minimum atomic E-state index is -1.29. The van der Waals surface area contributed by atoms with Gasteiger partial charge in [0.1, 0.15) is 0 Å². The first kappa shape index (κ1) is 15.0. The highest BCUT2D eigenvalue weighted by atomic mass is 16.5. The molecule has 0 saturated heterocycles. The van der Waals surface area contributed by atoms with E-state index in [1.165, 1.54) is 18.2 Å². The summed E-state index contributed by atoms with van der Waals surface area (Å²) < 4.78 is 10.2. The van der Waals surface area contributed by atoms with Crippen molar-refractivity contribution in [2.75, 3.05) is 13.2 Å². The highest BCUT2D eigenvalue weighted by molar-refractivity contribution is 6.10. The lowest BCUT2D eigenvalue weighted by atomic mass is 10.0. The number of rotatable bonds is 1. The Labute approximate surface area is 121 Å². The summed E-state index contributed by atoms with van der Waals surface area (Å²) in [4.78, 5) is 35.4. The number of carboxylic acids is 1. The van der Waals surface area contributed by atoms with Gasteiger partial charge in [-0.05, 0) is 30.9 Å². The molecule has 0 bridgehead atoms. The monoisotopic (exact) mass is 292 g/mol. The molecule has 0 radical (unpaired) electrons. The van der Waals surface area contributed by atoms with Crippen molar-refractivity contribution in [2.45, 2.75) is 19.8 Å². The van der Waals surface area contributed by atoms with E-state index in [-0.39, 0.29) is 35.8 Å². The Morgan fingerprint density at radius 1 is 1.14 bits per heavy atom. The second-order valence-electron chi connectivity index (χ2n) is 4.99. The lowest BCUT2D eigenvalue weighted by Gasteiger charge is -2.10. The van der Waals surface area contributed by atoms with Crippen molar-refractivity contribution in [2.24, 2.45) is 5.92 Å². The Hall–Kier alpha value is -2.37. The van der Waals surface area contributed by atoms with E-state index in [1.54, 1.807) is 0 Å². The van der Waals surface area contributed by atoms with Crippen LogP contribution in [0.5, 0.6) is 0 Å². The van der Waals surface area contributed by atoms with Crippen LogP contribution in [0.15, 0.2) is 18.2 Å². The van der Waals surface area contributed by atoms with E-state index < -0.39 is 17.9 Å². The Morgan fingerprint density at radius 2 is 1.76 bits per heavy atom. The van der Waals surface area contributed by atoms with Crippen molar-refractivity contribution in [3.63, 3.8) is 0 Å². The molecule has 1 aromatic rings. The normalized spacial score (nSPS) is 19.8. The molecule has 1 aliphatic rings. The number of benzene rings is 1. The third kappa shape index (κ3) is 3.39. The van der Waals surface area contributed by atoms with Gasteiger partial charge < -0.3 is 14.6 Å². The summed E-state index contributed by atoms with van der Waals surface area (Å²) in [7, 11) is 0. The largest absolute Gasteiger partial charge is 0.478 e. The minimum absolute atomic E-state index is 0.0746. The van der Waals surface area contributed by atoms with Crippen LogP contribution in [0.4, 0.5) is 0 Å². The maximum Gasteiger partial charge on any atom is 0.339 e. The van der Waals surface area contributed by atoms with Crippen LogP contribution in [0, 0.1) is 5.92 Å². The van der Waals surface area contributed by atoms with Crippen molar-refractivity contribution in [3.8, 4) is 0 Å². The summed E-state index contributed by atoms with van der Waals surface area (Å²) in [6.07, 6.45) is 1.30. The van der Waals surface area contributed by atoms with E-state index in [1.807, 2.05) is 6.92 Å². The first-order chi connectivity index (χ1) is 10.0. The molecule has 6 heteroatoms. The zero-order valence-electron chi connectivity index (χ0n) is 11.6. The van der Waals surface area contributed by atoms with Crippen LogP contribution in [-0.2, 0) is 9.47 Å². The lowest BCUT2D eigenvalue weighted by molar-refractivity contribution is 0.0472. The van der Waals surface area contributed by atoms with Crippen LogP contribution in [0.2, 0.25) is 0 Å². The van der Waals surface area contributed by atoms with E-state index >= 15 is 0 Å². The molecule has 0 fully saturated rings. The molecule has 21 heavy (non-hydrogen) atoms. The molecule has 1 heterocycles. The Bertz CT molecular complexity index is 578. The molecule has 1 atom stereocenters. The zero-order valence-corrected chi connectivity index (χ0v) is 11.6. The predicted molar refractivity (Wildman–Crippen MR) is 72.4 cm³/mol. The Balaban J connectivity index is 2.47. The summed E-state index contributed by atoms with van der Waals surface area (Å²) in [6, 6.07) is 4.03. The van der Waals surface area contributed by atoms with E-state index in [4.69, 9.17) is 9.47 Å². The van der Waals surface area contributed by atoms with Gasteiger partial charge in [-0.1, -0.05) is 13.0 Å². The number of esters is 2. The molecule has 1 unspecified atom stereocenters. The fraction of sp³-hybridized carbons (Fsp3) is 0.400. The maximum absolute atomic E-state index is 12.1. The predicted octanol–water partition coefficient (Wildman–Crippen LogP) is 2.13. The summed E-state index contributed by atoms with van der Waals surface area (Å²) in [6.45, 7) is 2.38. The standard InChI is InChI=1S/C15H16O6/c1-9-5-7-20-14(18)11-4-2-3-10(13(16)17)12(11)15(19)21-8-6-9/h2-4,9H,5-8H2,1H3,(H,16,17). The molecular formula is C15H16O6. The Morgan fingerprint density at radius 3 is 2.38 bits per heavy atom. The number of cyclic esters (lactones) is 2. The van der Waals surface area contributed by atoms with Crippen molar-refractivity contribution < 1.29 is 29.0 Å². The van der Waals surface area contributed by atoms with E-state index in [9.17, 15) is 19.5 Å². The van der Waals surface area contributed by atoms with Crippen LogP contribution >= 0.6 is 0 Å². The van der Waals surface area contributed by atoms with Crippen LogP contribution < -0.4 is 0 Å². The second-order valence-corrected chi connectivity index (χ2v) is 4.99. The maximum atomic E-state index is 12.1. The Kier molecular flexibility index (Phi) is 4.57. The number of hydrogen-bond donors (Lipinski definition) is 1. The van der Waals surface area contributed by atoms with Gasteiger partial charge in [0, 0.05) is 0 Å². The number of carboxylic acid groups (broad SMARTS) is 1. The molecule has 112 valence electrons. The molecule has 0 spiro atoms. The van der Waals surface area contributed by atoms with Gasteiger partial charge in [0.2, 0.25) is 0 Å². The van der Waals surface area contributed by atoms with Gasteiger partial charge in [-0.25, -0.2) is 14.4 Å². The topological polar surface area (TPSA) is 89.9 Å². The van der Waals surface area contributed by atoms with Gasteiger partial charge in [0.05, 0.1) is 29.9 Å². The van der Waals surface area contributed by atoms with E-state index in [0.717, 1.165) is 0 Å². The summed E-state index contributed by atoms with van der Waals surface area (Å²) in [5, 5.41) is 9.17. The fourth-order valence-corrected chi connectivity index (χ4v) is 2.12. The van der Waals surface area contributed by atoms with Crippen LogP contribution in [-0.4, -0.2) is 36.2 Å². The molecule has 0 amide bonds. The van der Waals surface area contributed by atoms with Gasteiger partial charge in [0.25, 0.3) is 0 Å². The summed E-state index contributed by atoms with van der Waals surface area (Å²) in [5.41, 5.74) is -0.583. The van der Waals surface area contributed by atoms with Gasteiger partial charge in [-0.2, -0.15) is 0 Å². The number of carbonyl (C=O) groups excluding carboxylic acids is 2. The highest BCUT2D eigenvalue weighted by Gasteiger charge is 2.26. The van der Waals surface area contributed by atoms with E-state index in [0.29, 0.717) is 12.8 Å². The van der Waals surface area contributed by atoms with Crippen LogP contribution in [0.3, 0.4) is 0 Å². The average molecular weight is 292 g/mol. The molecule has 2 rings (SSSR count). The van der Waals surface area contributed by atoms with Crippen LogP contribution in [0.25, 0.3) is 0 Å². The number of hydrogen-bond acceptors (Lipinski definition) is 5. The van der Waals surface area contributed by atoms with Gasteiger partial charge in [0.15, 0.2) is 0 Å². The number of carbonyl (C=O) groups is 3. The van der Waals surface area contributed by atoms with Gasteiger partial charge in [-0.3, -0.25) is 0 Å². The number of fused-ring (bicyclic) bond motifs is 1. The second kappa shape index (κ2) is 6.39. The van der Waals surface area contributed by atoms with Gasteiger partial charge in [-0.15, -0.1) is 0 Å². The van der Waals surface area contributed by atoms with Crippen molar-refractivity contribution >= 4 is 17.9 Å². The fourth-order valence-electron chi connectivity index (χ4n) is 2.12. The first-order valence-electron chi connectivity index (χ1n) is 6.71. The quantitative estimate of drug-likeness (QED) is 0.797. The molecule has 0 aliphatic carbocycles. The molecule has 1 N–H and O–H groups in total. The summed E-state index contributed by atoms with van der Waals surface area (Å²) >= 11 is 0. The molecule has 6 nitrogen and oxygen atoms in total. The smallest absolute Gasteiger partial charge is 0.339 e. The van der Waals surface area contributed by atoms with Crippen molar-refractivity contribution in [3.05, 3.63) is 34.9 Å². The molecule has 1 aromatic carbocycles. The first-order valence-corrected chi connectivity index (χ1v) is 6.71. The molecular weight excluding hydrogens is 276 g/mol. The van der Waals surface area contributed by atoms with Crippen LogP contribution in [0.1, 0.15) is 50.8 Å². The van der Waals surface area contributed by atoms with E-state index in [2.05, 4.69) is 0 Å². The SMILES string of the molecule is CC1CCOC(=O)c2cccc(C(=O)O)c2C(=O)OCC1. The minimum Gasteiger partial charge on any atom is -0.478 e. The van der Waals surface area contributed by atoms with Gasteiger partial charge >= 0.3 is 17.9 Å². The molecule has 1 aliphatic heterocycles. The summed E-state index contributed by atoms with van der Waals surface area (Å²) in [5.74, 6) is -2.57. The average Bonchev–Trinajstić information content (AvgIpc) is 2.47. The third-order valence-corrected chi connectivity index (χ3v) is 3.41. The molecule has 0 aromatic heterocycles. The molecule has 0 saturated carbocycles. The number of aromatic carboxylic acids is 1. The third-order valence-electron chi connectivity index (χ3n) is 3.41. The van der Waals surface area contributed by atoms with Crippen molar-refractivity contribution in [1.29, 1.82) is 0 Å². The number of ether oxygens (including phenoxy) is 2. The van der Waals surface area contributed by atoms with Crippen molar-refractivity contribution in [1.82, 2.24) is 0 Å². The lowest BCUT2D eigenvalue weighted by Crippen LogP contribution is -2.18. The zero-order chi connectivity index (χ0) is 15.4. The highest BCUT2D eigenvalue weighted by Crippen LogP contribution is 2.20.